The molecule has 4 N–H and O–H groups in total. The Morgan fingerprint density at radius 2 is 0.909 bits per heavy atom. The summed E-state index contributed by atoms with van der Waals surface area (Å²) in [6.45, 7) is 0. The van der Waals surface area contributed by atoms with Gasteiger partial charge in [-0.3, -0.25) is 9.59 Å². The Bertz CT molecular complexity index is 1580. The second-order valence-electron chi connectivity index (χ2n) is 12.5. The Hall–Kier alpha value is -3.16. The molecule has 3 aliphatic carbocycles. The molecule has 0 saturated heterocycles. The quantitative estimate of drug-likeness (QED) is 0.198. The van der Waals surface area contributed by atoms with Gasteiger partial charge in [0.25, 0.3) is 0 Å². The number of ketones is 2. The molecule has 2 saturated carbocycles. The molecule has 6 heteroatoms. The molecule has 4 aromatic rings. The third-order valence-electron chi connectivity index (χ3n) is 9.71. The van der Waals surface area contributed by atoms with E-state index in [1.165, 1.54) is 36.8 Å². The predicted octanol–water partition coefficient (Wildman–Crippen LogP) is 8.73. The number of rotatable bonds is 6. The van der Waals surface area contributed by atoms with Crippen LogP contribution in [0.3, 0.4) is 0 Å². The van der Waals surface area contributed by atoms with Gasteiger partial charge >= 0.3 is 0 Å². The lowest BCUT2D eigenvalue weighted by molar-refractivity contribution is 0.0974. The number of hydrogen-bond donors (Lipinski definition) is 2. The predicted molar refractivity (Wildman–Crippen MR) is 179 cm³/mol. The van der Waals surface area contributed by atoms with Crippen molar-refractivity contribution in [1.82, 2.24) is 0 Å². The Morgan fingerprint density at radius 3 is 1.32 bits per heavy atom. The maximum Gasteiger partial charge on any atom is 0.196 e. The molecular weight excluding hydrogens is 581 g/mol. The molecule has 0 amide bonds. The van der Waals surface area contributed by atoms with Crippen LogP contribution in [-0.4, -0.2) is 23.7 Å². The SMILES string of the molecule is NC1CCCCC1c1ccc(Sc2cccc3c2C(=O)c2c(Sc4ccc(C5CCCCC5N)cc4)cccc2C3=O)cc1. The molecular formula is C38H38N2O2S2. The molecule has 0 bridgehead atoms. The zero-order chi connectivity index (χ0) is 30.2. The largest absolute Gasteiger partial charge is 0.327 e. The highest BCUT2D eigenvalue weighted by Gasteiger charge is 2.34. The monoisotopic (exact) mass is 618 g/mol. The van der Waals surface area contributed by atoms with Gasteiger partial charge in [0.1, 0.15) is 0 Å². The van der Waals surface area contributed by atoms with Crippen LogP contribution >= 0.6 is 23.5 Å². The molecule has 7 rings (SSSR count). The molecule has 0 aromatic heterocycles. The van der Waals surface area contributed by atoms with E-state index < -0.39 is 0 Å². The van der Waals surface area contributed by atoms with E-state index >= 15 is 0 Å². The molecule has 0 heterocycles. The summed E-state index contributed by atoms with van der Waals surface area (Å²) < 4.78 is 0. The summed E-state index contributed by atoms with van der Waals surface area (Å²) in [6.07, 6.45) is 9.30. The lowest BCUT2D eigenvalue weighted by atomic mass is 9.80. The van der Waals surface area contributed by atoms with Gasteiger partial charge in [-0.25, -0.2) is 0 Å². The molecule has 3 aliphatic rings. The Kier molecular flexibility index (Phi) is 8.52. The van der Waals surface area contributed by atoms with Crippen molar-refractivity contribution in [3.05, 3.63) is 118 Å². The Morgan fingerprint density at radius 1 is 0.500 bits per heavy atom. The summed E-state index contributed by atoms with van der Waals surface area (Å²) in [5.74, 6) is 0.623. The molecule has 4 unspecified atom stereocenters. The van der Waals surface area contributed by atoms with Gasteiger partial charge in [-0.15, -0.1) is 0 Å². The van der Waals surface area contributed by atoms with Gasteiger partial charge in [-0.1, -0.05) is 97.7 Å². The first-order chi connectivity index (χ1) is 21.5. The van der Waals surface area contributed by atoms with Crippen LogP contribution in [0.2, 0.25) is 0 Å². The van der Waals surface area contributed by atoms with Gasteiger partial charge in [-0.2, -0.15) is 0 Å². The van der Waals surface area contributed by atoms with Crippen molar-refractivity contribution >= 4 is 35.1 Å². The smallest absolute Gasteiger partial charge is 0.196 e. The lowest BCUT2D eigenvalue weighted by Crippen LogP contribution is -2.31. The van der Waals surface area contributed by atoms with E-state index in [-0.39, 0.29) is 23.7 Å². The van der Waals surface area contributed by atoms with E-state index in [0.717, 1.165) is 45.3 Å². The number of benzene rings is 4. The van der Waals surface area contributed by atoms with Gasteiger partial charge in [0.05, 0.1) is 0 Å². The fourth-order valence-electron chi connectivity index (χ4n) is 7.32. The minimum absolute atomic E-state index is 0.0876. The minimum Gasteiger partial charge on any atom is -0.327 e. The van der Waals surface area contributed by atoms with Crippen molar-refractivity contribution in [2.24, 2.45) is 11.5 Å². The second kappa shape index (κ2) is 12.7. The second-order valence-corrected chi connectivity index (χ2v) is 14.7. The molecule has 4 nitrogen and oxygen atoms in total. The summed E-state index contributed by atoms with van der Waals surface area (Å²) in [4.78, 5) is 31.7. The zero-order valence-electron chi connectivity index (χ0n) is 24.8. The molecule has 224 valence electrons. The van der Waals surface area contributed by atoms with Crippen LogP contribution in [0.15, 0.2) is 105 Å². The van der Waals surface area contributed by atoms with Crippen molar-refractivity contribution in [3.63, 3.8) is 0 Å². The number of carbonyl (C=O) groups excluding carboxylic acids is 2. The fraction of sp³-hybridized carbons (Fsp3) is 0.316. The molecule has 0 spiro atoms. The maximum atomic E-state index is 14.3. The van der Waals surface area contributed by atoms with E-state index in [4.69, 9.17) is 11.5 Å². The van der Waals surface area contributed by atoms with Crippen LogP contribution in [0.4, 0.5) is 0 Å². The van der Waals surface area contributed by atoms with E-state index in [1.54, 1.807) is 35.7 Å². The standard InChI is InChI=1S/C38H38N2O2S2/c39-31-11-3-1-7-27(31)23-15-19-25(20-16-23)43-33-13-5-9-29-35(33)38(42)36-30(37(29)41)10-6-14-34(36)44-26-21-17-24(18-22-26)28-8-2-4-12-32(28)40/h5-6,9-10,13-22,27-28,31-32H,1-4,7-8,11-12,39-40H2. The molecule has 2 fully saturated rings. The van der Waals surface area contributed by atoms with Crippen LogP contribution in [-0.2, 0) is 0 Å². The summed E-state index contributed by atoms with van der Waals surface area (Å²) in [5.41, 5.74) is 17.4. The average molecular weight is 619 g/mol. The van der Waals surface area contributed by atoms with Gasteiger partial charge < -0.3 is 11.5 Å². The summed E-state index contributed by atoms with van der Waals surface area (Å²) in [7, 11) is 0. The first-order valence-corrected chi connectivity index (χ1v) is 17.5. The first-order valence-electron chi connectivity index (χ1n) is 15.9. The van der Waals surface area contributed by atoms with E-state index in [9.17, 15) is 9.59 Å². The van der Waals surface area contributed by atoms with E-state index in [1.807, 2.05) is 24.3 Å². The van der Waals surface area contributed by atoms with Crippen molar-refractivity contribution in [3.8, 4) is 0 Å². The number of carbonyl (C=O) groups is 2. The molecule has 44 heavy (non-hydrogen) atoms. The van der Waals surface area contributed by atoms with Crippen LogP contribution < -0.4 is 11.5 Å². The summed E-state index contributed by atoms with van der Waals surface area (Å²) in [6, 6.07) is 28.9. The van der Waals surface area contributed by atoms with Gasteiger partial charge in [-0.05, 0) is 85.0 Å². The summed E-state index contributed by atoms with van der Waals surface area (Å²) >= 11 is 3.09. The number of nitrogens with two attached hydrogens (primary N) is 2. The highest BCUT2D eigenvalue weighted by Crippen LogP contribution is 2.42. The van der Waals surface area contributed by atoms with Crippen LogP contribution in [0.25, 0.3) is 0 Å². The molecule has 4 aromatic carbocycles. The molecule has 0 radical (unpaired) electrons. The Labute approximate surface area is 268 Å². The third-order valence-corrected chi connectivity index (χ3v) is 11.8. The van der Waals surface area contributed by atoms with E-state index in [0.29, 0.717) is 34.1 Å². The maximum absolute atomic E-state index is 14.3. The normalized spacial score (nSPS) is 23.2. The van der Waals surface area contributed by atoms with Crippen molar-refractivity contribution in [2.75, 3.05) is 0 Å². The Balaban J connectivity index is 1.15. The van der Waals surface area contributed by atoms with Crippen molar-refractivity contribution in [2.45, 2.75) is 94.9 Å². The average Bonchev–Trinajstić information content (AvgIpc) is 3.05. The van der Waals surface area contributed by atoms with Gasteiger partial charge in [0, 0.05) is 53.9 Å². The molecule has 4 atom stereocenters. The summed E-state index contributed by atoms with van der Waals surface area (Å²) in [5, 5.41) is 0. The minimum atomic E-state index is -0.0947. The topological polar surface area (TPSA) is 86.2 Å². The van der Waals surface area contributed by atoms with E-state index in [2.05, 4.69) is 48.5 Å². The van der Waals surface area contributed by atoms with Crippen LogP contribution in [0.5, 0.6) is 0 Å². The van der Waals surface area contributed by atoms with Crippen molar-refractivity contribution < 1.29 is 9.59 Å². The third kappa shape index (κ3) is 5.69. The van der Waals surface area contributed by atoms with Crippen molar-refractivity contribution in [1.29, 1.82) is 0 Å². The fourth-order valence-corrected chi connectivity index (χ4v) is 9.27. The van der Waals surface area contributed by atoms with Gasteiger partial charge in [0.15, 0.2) is 11.6 Å². The zero-order valence-corrected chi connectivity index (χ0v) is 26.5. The molecule has 0 aliphatic heterocycles. The first kappa shape index (κ1) is 29.5. The number of fused-ring (bicyclic) bond motifs is 2. The van der Waals surface area contributed by atoms with Crippen LogP contribution in [0, 0.1) is 0 Å². The van der Waals surface area contributed by atoms with Gasteiger partial charge in [0.2, 0.25) is 0 Å². The highest BCUT2D eigenvalue weighted by molar-refractivity contribution is 7.99. The lowest BCUT2D eigenvalue weighted by Gasteiger charge is -2.29. The highest BCUT2D eigenvalue weighted by atomic mass is 32.2. The van der Waals surface area contributed by atoms with Crippen LogP contribution in [0.1, 0.15) is 106 Å². The number of hydrogen-bond acceptors (Lipinski definition) is 6.